The van der Waals surface area contributed by atoms with Crippen molar-refractivity contribution in [2.75, 3.05) is 19.7 Å². The van der Waals surface area contributed by atoms with Gasteiger partial charge in [0.15, 0.2) is 11.5 Å². The summed E-state index contributed by atoms with van der Waals surface area (Å²) in [4.78, 5) is 53.7. The van der Waals surface area contributed by atoms with Gasteiger partial charge in [-0.2, -0.15) is 5.26 Å². The van der Waals surface area contributed by atoms with Crippen molar-refractivity contribution in [3.8, 4) is 6.07 Å². The van der Waals surface area contributed by atoms with E-state index in [9.17, 15) is 33.9 Å². The lowest BCUT2D eigenvalue weighted by Gasteiger charge is -2.24. The number of aliphatic hydroxyl groups excluding tert-OH is 1. The molecule has 0 spiro atoms. The van der Waals surface area contributed by atoms with E-state index in [1.54, 1.807) is 32.1 Å². The summed E-state index contributed by atoms with van der Waals surface area (Å²) in [6.45, 7) is 8.57. The van der Waals surface area contributed by atoms with Crippen molar-refractivity contribution >= 4 is 23.5 Å². The molecule has 12 nitrogen and oxygen atoms in total. The van der Waals surface area contributed by atoms with Crippen molar-refractivity contribution in [1.82, 2.24) is 20.7 Å². The number of carbonyl (C=O) groups is 4. The summed E-state index contributed by atoms with van der Waals surface area (Å²) in [6.07, 6.45) is -0.132. The molecule has 1 aliphatic heterocycles. The van der Waals surface area contributed by atoms with Crippen LogP contribution in [0.15, 0.2) is 40.4 Å². The van der Waals surface area contributed by atoms with Crippen LogP contribution in [-0.2, 0) is 25.7 Å². The minimum Gasteiger partial charge on any atom is -0.391 e. The van der Waals surface area contributed by atoms with Crippen LogP contribution in [0.5, 0.6) is 0 Å². The van der Waals surface area contributed by atoms with Crippen molar-refractivity contribution in [2.45, 2.75) is 72.3 Å². The largest absolute Gasteiger partial charge is 0.391 e. The molecule has 45 heavy (non-hydrogen) atoms. The predicted molar refractivity (Wildman–Crippen MR) is 160 cm³/mol. The fraction of sp³-hybridized carbons (Fsp3) is 0.500. The molecule has 1 aromatic carbocycles. The number of ketones is 1. The van der Waals surface area contributed by atoms with E-state index >= 15 is 0 Å². The third-order valence-electron chi connectivity index (χ3n) is 7.27. The predicted octanol–water partition coefficient (Wildman–Crippen LogP) is 2.53. The number of carbonyl (C=O) groups excluding carboxylic acids is 4. The minimum absolute atomic E-state index is 0.0127. The normalized spacial score (nSPS) is 17.0. The van der Waals surface area contributed by atoms with Crippen molar-refractivity contribution in [2.24, 2.45) is 11.8 Å². The molecule has 242 valence electrons. The Kier molecular flexibility index (Phi) is 12.5. The average Bonchev–Trinajstić information content (AvgIpc) is 3.64. The smallest absolute Gasteiger partial charge is 0.274 e. The highest BCUT2D eigenvalue weighted by molar-refractivity contribution is 5.98. The lowest BCUT2D eigenvalue weighted by atomic mass is 9.95. The summed E-state index contributed by atoms with van der Waals surface area (Å²) in [5.74, 6) is -3.54. The van der Waals surface area contributed by atoms with Gasteiger partial charge in [0, 0.05) is 37.7 Å². The minimum atomic E-state index is -1.36. The van der Waals surface area contributed by atoms with Crippen LogP contribution >= 0.6 is 0 Å². The molecule has 1 fully saturated rings. The van der Waals surface area contributed by atoms with Crippen molar-refractivity contribution < 1.29 is 37.9 Å². The Hall–Kier alpha value is -4.41. The number of amides is 3. The van der Waals surface area contributed by atoms with E-state index in [4.69, 9.17) is 9.26 Å². The Labute approximate surface area is 261 Å². The number of aliphatic hydroxyl groups is 1. The Morgan fingerprint density at radius 2 is 1.98 bits per heavy atom. The van der Waals surface area contributed by atoms with E-state index in [0.717, 1.165) is 5.56 Å². The first-order valence-electron chi connectivity index (χ1n) is 14.8. The molecule has 13 heteroatoms. The highest BCUT2D eigenvalue weighted by atomic mass is 19.1. The fourth-order valence-electron chi connectivity index (χ4n) is 4.84. The van der Waals surface area contributed by atoms with E-state index < -0.39 is 59.9 Å². The Bertz CT molecular complexity index is 1460. The molecule has 3 amide bonds. The first-order valence-corrected chi connectivity index (χ1v) is 14.8. The molecule has 3 N–H and O–H groups in total. The number of likely N-dealkylation sites (tertiary alicyclic amines) is 1. The zero-order valence-corrected chi connectivity index (χ0v) is 26.1. The van der Waals surface area contributed by atoms with Crippen LogP contribution in [0.3, 0.4) is 0 Å². The van der Waals surface area contributed by atoms with E-state index in [1.807, 2.05) is 19.9 Å². The number of hydrogen-bond donors (Lipinski definition) is 3. The van der Waals surface area contributed by atoms with Gasteiger partial charge < -0.3 is 29.9 Å². The molecule has 3 rings (SSSR count). The number of nitriles is 1. The molecule has 0 unspecified atom stereocenters. The molecular weight excluding hydrogens is 585 g/mol. The number of nitrogens with zero attached hydrogens (tertiary/aromatic N) is 3. The van der Waals surface area contributed by atoms with Crippen LogP contribution < -0.4 is 10.6 Å². The van der Waals surface area contributed by atoms with Gasteiger partial charge in [0.05, 0.1) is 24.7 Å². The van der Waals surface area contributed by atoms with Gasteiger partial charge in [-0.1, -0.05) is 37.2 Å². The summed E-state index contributed by atoms with van der Waals surface area (Å²) >= 11 is 0. The van der Waals surface area contributed by atoms with Gasteiger partial charge >= 0.3 is 0 Å². The van der Waals surface area contributed by atoms with Gasteiger partial charge in [-0.25, -0.2) is 4.39 Å². The van der Waals surface area contributed by atoms with Gasteiger partial charge in [-0.15, -0.1) is 0 Å². The first-order chi connectivity index (χ1) is 21.3. The second-order valence-corrected chi connectivity index (χ2v) is 11.6. The van der Waals surface area contributed by atoms with Gasteiger partial charge in [-0.3, -0.25) is 19.2 Å². The van der Waals surface area contributed by atoms with Crippen LogP contribution in [0.25, 0.3) is 0 Å². The Balaban J connectivity index is 1.71. The number of aromatic nitrogens is 1. The fourth-order valence-corrected chi connectivity index (χ4v) is 4.84. The second kappa shape index (κ2) is 16.1. The maximum Gasteiger partial charge on any atom is 0.274 e. The molecule has 0 bridgehead atoms. The molecule has 2 aromatic rings. The van der Waals surface area contributed by atoms with Crippen LogP contribution in [0, 0.1) is 42.8 Å². The lowest BCUT2D eigenvalue weighted by molar-refractivity contribution is -0.134. The topological polar surface area (TPSA) is 175 Å². The standard InChI is InChI=1S/C32H40FN5O7/c1-18(2)10-23(14-34)32(43)38-9-8-25(16-38)44-17-24(30(41)35-15-22-7-6-19(3)11-26(22)33)13-28(40)29(21(5)39)36-31(42)27-12-20(4)45-37-27/h6-7,10-12,18,21,24-25,29,39H,8-9,13,15-17H2,1-5H3,(H,35,41)(H,36,42)/t21-,24+,25-,29+/m1/s1. The Morgan fingerprint density at radius 3 is 2.58 bits per heavy atom. The molecule has 0 saturated carbocycles. The van der Waals surface area contributed by atoms with E-state index in [-0.39, 0.29) is 42.4 Å². The third kappa shape index (κ3) is 10.1. The molecular formula is C32H40FN5O7. The SMILES string of the molecule is Cc1ccc(CNC(=O)[C@H](CO[C@@H]2CCN(C(=O)C(C#N)=CC(C)C)C2)CC(=O)[C@@H](NC(=O)c2cc(C)on2)[C@@H](C)O)c(F)c1. The summed E-state index contributed by atoms with van der Waals surface area (Å²) in [5.41, 5.74) is 0.942. The second-order valence-electron chi connectivity index (χ2n) is 11.6. The van der Waals surface area contributed by atoms with Gasteiger partial charge in [0.2, 0.25) is 5.91 Å². The van der Waals surface area contributed by atoms with Gasteiger partial charge in [0.1, 0.15) is 29.3 Å². The van der Waals surface area contributed by atoms with Gasteiger partial charge in [-0.05, 0) is 44.7 Å². The number of allylic oxidation sites excluding steroid dienone is 1. The van der Waals surface area contributed by atoms with Crippen molar-refractivity contribution in [1.29, 1.82) is 5.26 Å². The number of benzene rings is 1. The maximum absolute atomic E-state index is 14.4. The number of ether oxygens (including phenoxy) is 1. The summed E-state index contributed by atoms with van der Waals surface area (Å²) in [7, 11) is 0. The highest BCUT2D eigenvalue weighted by Gasteiger charge is 2.34. The third-order valence-corrected chi connectivity index (χ3v) is 7.27. The maximum atomic E-state index is 14.4. The van der Waals surface area contributed by atoms with Crippen LogP contribution in [0.2, 0.25) is 0 Å². The number of aryl methyl sites for hydroxylation is 2. The number of nitrogens with one attached hydrogen (secondary N) is 2. The molecule has 1 saturated heterocycles. The van der Waals surface area contributed by atoms with Gasteiger partial charge in [0.25, 0.3) is 11.8 Å². The molecule has 2 heterocycles. The number of Topliss-reactive ketones (excluding diaryl/α,β-unsaturated/α-hetero) is 1. The number of hydrogen-bond acceptors (Lipinski definition) is 9. The first kappa shape index (κ1) is 35.1. The van der Waals surface area contributed by atoms with Crippen LogP contribution in [0.4, 0.5) is 4.39 Å². The van der Waals surface area contributed by atoms with Crippen LogP contribution in [-0.4, -0.2) is 76.6 Å². The lowest BCUT2D eigenvalue weighted by Crippen LogP contribution is -2.49. The molecule has 1 aliphatic rings. The average molecular weight is 626 g/mol. The number of rotatable bonds is 14. The highest BCUT2D eigenvalue weighted by Crippen LogP contribution is 2.19. The zero-order valence-electron chi connectivity index (χ0n) is 26.1. The monoisotopic (exact) mass is 625 g/mol. The molecule has 0 radical (unpaired) electrons. The van der Waals surface area contributed by atoms with Crippen molar-refractivity contribution in [3.63, 3.8) is 0 Å². The quantitative estimate of drug-likeness (QED) is 0.210. The summed E-state index contributed by atoms with van der Waals surface area (Å²) < 4.78 is 25.3. The Morgan fingerprint density at radius 1 is 1.24 bits per heavy atom. The molecule has 0 aliphatic carbocycles. The summed E-state index contributed by atoms with van der Waals surface area (Å²) in [5, 5.41) is 28.5. The van der Waals surface area contributed by atoms with Crippen LogP contribution in [0.1, 0.15) is 61.0 Å². The zero-order chi connectivity index (χ0) is 33.3. The van der Waals surface area contributed by atoms with E-state index in [0.29, 0.717) is 18.7 Å². The van der Waals surface area contributed by atoms with Crippen molar-refractivity contribution in [3.05, 3.63) is 64.3 Å². The van der Waals surface area contributed by atoms with E-state index in [1.165, 1.54) is 24.0 Å². The molecule has 1 aromatic heterocycles. The summed E-state index contributed by atoms with van der Waals surface area (Å²) in [6, 6.07) is 6.57. The van der Waals surface area contributed by atoms with E-state index in [2.05, 4.69) is 15.8 Å². The number of halogens is 1. The molecule has 4 atom stereocenters.